The van der Waals surface area contributed by atoms with Crippen LogP contribution in [0.2, 0.25) is 0 Å². The molecule has 0 saturated heterocycles. The van der Waals surface area contributed by atoms with Gasteiger partial charge in [-0.1, -0.05) is 6.92 Å². The Morgan fingerprint density at radius 3 is 2.70 bits per heavy atom. The van der Waals surface area contributed by atoms with E-state index in [0.717, 1.165) is 12.1 Å². The molecule has 0 fully saturated rings. The van der Waals surface area contributed by atoms with Crippen molar-refractivity contribution in [2.24, 2.45) is 0 Å². The summed E-state index contributed by atoms with van der Waals surface area (Å²) in [5.74, 6) is -0.0903. The number of carbonyl (C=O) groups excluding carboxylic acids is 1. The molecule has 1 amide bonds. The van der Waals surface area contributed by atoms with Crippen LogP contribution in [-0.4, -0.2) is 31.9 Å². The van der Waals surface area contributed by atoms with E-state index in [9.17, 15) is 9.59 Å². The van der Waals surface area contributed by atoms with Gasteiger partial charge in [0.2, 0.25) is 5.95 Å². The number of hydrogen-bond acceptors (Lipinski definition) is 7. The van der Waals surface area contributed by atoms with E-state index in [1.807, 2.05) is 26.0 Å². The summed E-state index contributed by atoms with van der Waals surface area (Å²) < 4.78 is 0. The van der Waals surface area contributed by atoms with Gasteiger partial charge in [0.05, 0.1) is 18.4 Å². The Bertz CT molecular complexity index is 1010. The summed E-state index contributed by atoms with van der Waals surface area (Å²) in [6.07, 6.45) is 2.43. The van der Waals surface area contributed by atoms with Gasteiger partial charge in [-0.2, -0.15) is 4.98 Å². The fourth-order valence-corrected chi connectivity index (χ4v) is 2.40. The highest BCUT2D eigenvalue weighted by atomic mass is 16.1. The number of nitrogens with zero attached hydrogens (tertiary/aromatic N) is 3. The molecule has 3 rings (SSSR count). The average Bonchev–Trinajstić information content (AvgIpc) is 2.66. The van der Waals surface area contributed by atoms with Crippen LogP contribution in [-0.2, 0) is 6.54 Å². The first-order chi connectivity index (χ1) is 13.0. The Morgan fingerprint density at radius 2 is 2.00 bits per heavy atom. The minimum Gasteiger partial charge on any atom is -0.379 e. The van der Waals surface area contributed by atoms with Crippen LogP contribution in [0.15, 0.2) is 35.3 Å². The minimum atomic E-state index is -0.521. The SMILES string of the molecule is CCC(C)NC(=O)c1ccc(NCc2cnc3[nH]c(N)nc(=O)c3n2)cc1. The second kappa shape index (κ2) is 7.81. The molecule has 2 aromatic heterocycles. The number of nitrogen functional groups attached to an aromatic ring is 1. The van der Waals surface area contributed by atoms with Gasteiger partial charge in [0.25, 0.3) is 5.91 Å². The second-order valence-corrected chi connectivity index (χ2v) is 6.20. The number of anilines is 2. The van der Waals surface area contributed by atoms with Gasteiger partial charge in [0.15, 0.2) is 11.2 Å². The maximum Gasteiger partial charge on any atom is 0.302 e. The van der Waals surface area contributed by atoms with Crippen LogP contribution in [0.5, 0.6) is 0 Å². The van der Waals surface area contributed by atoms with Gasteiger partial charge in [-0.3, -0.25) is 9.59 Å². The molecule has 140 valence electrons. The summed E-state index contributed by atoms with van der Waals surface area (Å²) in [6, 6.07) is 7.27. The molecule has 3 aromatic rings. The molecule has 9 heteroatoms. The summed E-state index contributed by atoms with van der Waals surface area (Å²) in [4.78, 5) is 38.7. The van der Waals surface area contributed by atoms with Crippen LogP contribution in [0, 0.1) is 0 Å². The van der Waals surface area contributed by atoms with Gasteiger partial charge in [0.1, 0.15) is 0 Å². The Kier molecular flexibility index (Phi) is 5.30. The van der Waals surface area contributed by atoms with E-state index >= 15 is 0 Å². The number of nitrogens with two attached hydrogens (primary N) is 1. The van der Waals surface area contributed by atoms with Gasteiger partial charge in [-0.05, 0) is 37.6 Å². The third kappa shape index (κ3) is 4.38. The molecule has 1 aromatic carbocycles. The molecule has 1 atom stereocenters. The van der Waals surface area contributed by atoms with Crippen molar-refractivity contribution in [3.8, 4) is 0 Å². The molecular formula is C18H21N7O2. The Hall–Kier alpha value is -3.49. The van der Waals surface area contributed by atoms with Crippen LogP contribution < -0.4 is 21.9 Å². The van der Waals surface area contributed by atoms with Crippen molar-refractivity contribution < 1.29 is 4.79 Å². The van der Waals surface area contributed by atoms with Crippen LogP contribution in [0.1, 0.15) is 36.3 Å². The normalized spacial score (nSPS) is 11.9. The minimum absolute atomic E-state index is 0.00475. The van der Waals surface area contributed by atoms with E-state index in [2.05, 4.69) is 30.6 Å². The number of rotatable bonds is 6. The first-order valence-electron chi connectivity index (χ1n) is 8.62. The van der Waals surface area contributed by atoms with E-state index in [-0.39, 0.29) is 23.4 Å². The number of hydrogen-bond donors (Lipinski definition) is 4. The van der Waals surface area contributed by atoms with Crippen molar-refractivity contribution in [2.45, 2.75) is 32.9 Å². The highest BCUT2D eigenvalue weighted by molar-refractivity contribution is 5.94. The molecule has 9 nitrogen and oxygen atoms in total. The van der Waals surface area contributed by atoms with Crippen LogP contribution in [0.3, 0.4) is 0 Å². The van der Waals surface area contributed by atoms with Gasteiger partial charge in [0, 0.05) is 17.3 Å². The van der Waals surface area contributed by atoms with Crippen molar-refractivity contribution >= 4 is 28.7 Å². The molecule has 0 bridgehead atoms. The van der Waals surface area contributed by atoms with E-state index in [4.69, 9.17) is 5.73 Å². The molecule has 1 unspecified atom stereocenters. The first-order valence-corrected chi connectivity index (χ1v) is 8.62. The van der Waals surface area contributed by atoms with Crippen LogP contribution >= 0.6 is 0 Å². The summed E-state index contributed by atoms with van der Waals surface area (Å²) in [5, 5.41) is 6.11. The number of carbonyl (C=O) groups is 1. The first kappa shape index (κ1) is 18.3. The maximum absolute atomic E-state index is 12.1. The molecule has 0 saturated carbocycles. The smallest absolute Gasteiger partial charge is 0.302 e. The predicted octanol–water partition coefficient (Wildman–Crippen LogP) is 1.44. The van der Waals surface area contributed by atoms with Gasteiger partial charge >= 0.3 is 5.56 Å². The third-order valence-electron chi connectivity index (χ3n) is 4.10. The molecule has 0 aliphatic rings. The largest absolute Gasteiger partial charge is 0.379 e. The number of aromatic nitrogens is 4. The zero-order chi connectivity index (χ0) is 19.4. The summed E-state index contributed by atoms with van der Waals surface area (Å²) in [7, 11) is 0. The van der Waals surface area contributed by atoms with Crippen LogP contribution in [0.4, 0.5) is 11.6 Å². The van der Waals surface area contributed by atoms with Crippen molar-refractivity contribution in [1.29, 1.82) is 0 Å². The number of benzene rings is 1. The molecule has 2 heterocycles. The van der Waals surface area contributed by atoms with E-state index in [0.29, 0.717) is 23.4 Å². The number of H-pyrrole nitrogens is 1. The van der Waals surface area contributed by atoms with Crippen molar-refractivity contribution in [3.05, 3.63) is 52.1 Å². The highest BCUT2D eigenvalue weighted by Gasteiger charge is 2.09. The molecule has 0 spiro atoms. The maximum atomic E-state index is 12.1. The second-order valence-electron chi connectivity index (χ2n) is 6.20. The zero-order valence-electron chi connectivity index (χ0n) is 15.1. The lowest BCUT2D eigenvalue weighted by Gasteiger charge is -2.12. The molecule has 0 aliphatic carbocycles. The fourth-order valence-electron chi connectivity index (χ4n) is 2.40. The third-order valence-corrected chi connectivity index (χ3v) is 4.10. The van der Waals surface area contributed by atoms with Crippen LogP contribution in [0.25, 0.3) is 11.2 Å². The molecular weight excluding hydrogens is 346 g/mol. The fraction of sp³-hybridized carbons (Fsp3) is 0.278. The summed E-state index contributed by atoms with van der Waals surface area (Å²) in [5.41, 5.74) is 7.41. The molecule has 0 aliphatic heterocycles. The van der Waals surface area contributed by atoms with Gasteiger partial charge in [-0.15, -0.1) is 0 Å². The quantitative estimate of drug-likeness (QED) is 0.517. The number of nitrogens with one attached hydrogen (secondary N) is 3. The highest BCUT2D eigenvalue weighted by Crippen LogP contribution is 2.12. The Labute approximate surface area is 155 Å². The average molecular weight is 367 g/mol. The topological polar surface area (TPSA) is 139 Å². The van der Waals surface area contributed by atoms with Crippen molar-refractivity contribution in [2.75, 3.05) is 11.1 Å². The Morgan fingerprint density at radius 1 is 1.26 bits per heavy atom. The zero-order valence-corrected chi connectivity index (χ0v) is 15.1. The van der Waals surface area contributed by atoms with E-state index in [1.165, 1.54) is 0 Å². The van der Waals surface area contributed by atoms with Crippen molar-refractivity contribution in [1.82, 2.24) is 25.3 Å². The number of amides is 1. The van der Waals surface area contributed by atoms with Gasteiger partial charge < -0.3 is 21.4 Å². The lowest BCUT2D eigenvalue weighted by Crippen LogP contribution is -2.31. The van der Waals surface area contributed by atoms with Crippen molar-refractivity contribution in [3.63, 3.8) is 0 Å². The van der Waals surface area contributed by atoms with E-state index < -0.39 is 5.56 Å². The lowest BCUT2D eigenvalue weighted by molar-refractivity contribution is 0.0939. The Balaban J connectivity index is 1.67. The van der Waals surface area contributed by atoms with E-state index in [1.54, 1.807) is 18.3 Å². The number of aromatic amines is 1. The predicted molar refractivity (Wildman–Crippen MR) is 103 cm³/mol. The monoisotopic (exact) mass is 367 g/mol. The lowest BCUT2D eigenvalue weighted by atomic mass is 10.1. The number of fused-ring (bicyclic) bond motifs is 1. The summed E-state index contributed by atoms with van der Waals surface area (Å²) >= 11 is 0. The molecule has 5 N–H and O–H groups in total. The standard InChI is InChI=1S/C18H21N7O2/c1-3-10(2)22-16(26)11-4-6-12(7-5-11)20-8-13-9-21-15-14(23-13)17(27)25-18(19)24-15/h4-7,9-10,20H,3,8H2,1-2H3,(H,22,26)(H3,19,21,24,25,27). The summed E-state index contributed by atoms with van der Waals surface area (Å²) in [6.45, 7) is 4.35. The molecule has 27 heavy (non-hydrogen) atoms. The van der Waals surface area contributed by atoms with Gasteiger partial charge in [-0.25, -0.2) is 9.97 Å². The molecule has 0 radical (unpaired) electrons.